The third-order valence-electron chi connectivity index (χ3n) is 5.44. The van der Waals surface area contributed by atoms with Crippen LogP contribution in [0.1, 0.15) is 38.5 Å². The van der Waals surface area contributed by atoms with Gasteiger partial charge in [-0.25, -0.2) is 0 Å². The zero-order valence-electron chi connectivity index (χ0n) is 10.6. The number of nitrogens with zero attached hydrogens (tertiary/aromatic N) is 1. The Balaban J connectivity index is 1.63. The number of piperidine rings is 1. The number of fused-ring (bicyclic) bond motifs is 3. The van der Waals surface area contributed by atoms with Crippen LogP contribution < -0.4 is 0 Å². The summed E-state index contributed by atoms with van der Waals surface area (Å²) in [7, 11) is 0. The number of halogens is 1. The predicted octanol–water partition coefficient (Wildman–Crippen LogP) is 2.49. The lowest BCUT2D eigenvalue weighted by Gasteiger charge is -2.46. The van der Waals surface area contributed by atoms with Gasteiger partial charge in [-0.3, -0.25) is 0 Å². The Labute approximate surface area is 109 Å². The number of aliphatic hydroxyl groups excluding tert-OH is 1. The van der Waals surface area contributed by atoms with Crippen LogP contribution >= 0.6 is 11.6 Å². The van der Waals surface area contributed by atoms with Gasteiger partial charge in [0.2, 0.25) is 0 Å². The summed E-state index contributed by atoms with van der Waals surface area (Å²) in [4.78, 5) is 2.47. The fourth-order valence-corrected chi connectivity index (χ4v) is 4.92. The summed E-state index contributed by atoms with van der Waals surface area (Å²) in [5, 5.41) is 9.70. The predicted molar refractivity (Wildman–Crippen MR) is 70.3 cm³/mol. The van der Waals surface area contributed by atoms with Crippen molar-refractivity contribution in [2.24, 2.45) is 17.3 Å². The molecule has 0 radical (unpaired) electrons. The number of rotatable bonds is 3. The van der Waals surface area contributed by atoms with Crippen molar-refractivity contribution in [1.29, 1.82) is 0 Å². The largest absolute Gasteiger partial charge is 0.391 e. The maximum absolute atomic E-state index is 9.70. The van der Waals surface area contributed by atoms with Crippen molar-refractivity contribution in [2.45, 2.75) is 44.6 Å². The van der Waals surface area contributed by atoms with Gasteiger partial charge in [-0.15, -0.1) is 11.6 Å². The molecule has 2 nitrogen and oxygen atoms in total. The van der Waals surface area contributed by atoms with Crippen molar-refractivity contribution in [3.63, 3.8) is 0 Å². The highest BCUT2D eigenvalue weighted by molar-refractivity contribution is 6.18. The zero-order valence-corrected chi connectivity index (χ0v) is 11.3. The van der Waals surface area contributed by atoms with E-state index in [9.17, 15) is 5.11 Å². The summed E-state index contributed by atoms with van der Waals surface area (Å²) in [5.74, 6) is 2.39. The summed E-state index contributed by atoms with van der Waals surface area (Å²) in [5.41, 5.74) is 0.618. The Hall–Kier alpha value is 0.210. The molecule has 3 fully saturated rings. The van der Waals surface area contributed by atoms with Crippen molar-refractivity contribution >= 4 is 11.6 Å². The van der Waals surface area contributed by atoms with E-state index in [1.165, 1.54) is 45.1 Å². The van der Waals surface area contributed by atoms with Gasteiger partial charge < -0.3 is 10.0 Å². The average Bonchev–Trinajstić information content (AvgIpc) is 2.89. The molecule has 4 unspecified atom stereocenters. The highest BCUT2D eigenvalue weighted by Crippen LogP contribution is 2.59. The second-order valence-electron chi connectivity index (χ2n) is 6.59. The molecule has 0 aromatic heterocycles. The first-order chi connectivity index (χ1) is 8.22. The first kappa shape index (κ1) is 12.3. The Morgan fingerprint density at radius 1 is 1.41 bits per heavy atom. The van der Waals surface area contributed by atoms with Gasteiger partial charge in [0.25, 0.3) is 0 Å². The van der Waals surface area contributed by atoms with Crippen molar-refractivity contribution in [3.05, 3.63) is 0 Å². The topological polar surface area (TPSA) is 23.5 Å². The molecule has 3 heteroatoms. The van der Waals surface area contributed by atoms with E-state index >= 15 is 0 Å². The summed E-state index contributed by atoms with van der Waals surface area (Å²) >= 11 is 5.71. The van der Waals surface area contributed by atoms with Crippen LogP contribution in [0.2, 0.25) is 0 Å². The molecule has 4 atom stereocenters. The summed E-state index contributed by atoms with van der Waals surface area (Å²) in [6.45, 7) is 3.16. The third-order valence-corrected chi connectivity index (χ3v) is 5.79. The fraction of sp³-hybridized carbons (Fsp3) is 1.00. The Bertz CT molecular complexity index is 285. The number of hydrogen-bond donors (Lipinski definition) is 1. The Morgan fingerprint density at radius 2 is 2.29 bits per heavy atom. The first-order valence-corrected chi connectivity index (χ1v) is 7.72. The molecule has 17 heavy (non-hydrogen) atoms. The summed E-state index contributed by atoms with van der Waals surface area (Å²) in [6.07, 6.45) is 8.31. The molecule has 2 aliphatic carbocycles. The normalized spacial score (nSPS) is 43.4. The van der Waals surface area contributed by atoms with Gasteiger partial charge in [0.15, 0.2) is 0 Å². The molecule has 1 N–H and O–H groups in total. The fourth-order valence-electron chi connectivity index (χ4n) is 4.82. The number of hydrogen-bond acceptors (Lipinski definition) is 2. The second-order valence-corrected chi connectivity index (χ2v) is 6.90. The molecular formula is C14H24ClNO. The van der Waals surface area contributed by atoms with E-state index in [-0.39, 0.29) is 6.10 Å². The molecule has 3 aliphatic rings. The lowest BCUT2D eigenvalue weighted by atomic mass is 9.68. The Kier molecular flexibility index (Phi) is 3.40. The number of β-amino-alcohol motifs (C(OH)–C–C–N with tert-alkyl or cyclic N) is 1. The standard InChI is InChI=1S/C14H24ClNO/c15-8-13(17)9-16-5-1-4-14(10-16)7-11-2-3-12(14)6-11/h11-13,17H,1-10H2. The van der Waals surface area contributed by atoms with E-state index in [0.29, 0.717) is 11.3 Å². The van der Waals surface area contributed by atoms with Crippen LogP contribution in [0, 0.1) is 17.3 Å². The maximum Gasteiger partial charge on any atom is 0.0802 e. The molecule has 1 aliphatic heterocycles. The number of aliphatic hydroxyl groups is 1. The highest BCUT2D eigenvalue weighted by Gasteiger charge is 2.51. The first-order valence-electron chi connectivity index (χ1n) is 7.18. The molecule has 98 valence electrons. The molecule has 2 bridgehead atoms. The third kappa shape index (κ3) is 2.24. The van der Waals surface area contributed by atoms with Crippen LogP contribution in [0.5, 0.6) is 0 Å². The minimum absolute atomic E-state index is 0.342. The monoisotopic (exact) mass is 257 g/mol. The minimum Gasteiger partial charge on any atom is -0.391 e. The van der Waals surface area contributed by atoms with Gasteiger partial charge in [0, 0.05) is 19.0 Å². The average molecular weight is 258 g/mol. The summed E-state index contributed by atoms with van der Waals surface area (Å²) < 4.78 is 0. The van der Waals surface area contributed by atoms with Crippen LogP contribution in [0.4, 0.5) is 0 Å². The molecule has 0 aromatic rings. The van der Waals surface area contributed by atoms with Crippen molar-refractivity contribution < 1.29 is 5.11 Å². The van der Waals surface area contributed by atoms with E-state index in [1.807, 2.05) is 0 Å². The van der Waals surface area contributed by atoms with Gasteiger partial charge in [-0.05, 0) is 55.9 Å². The lowest BCUT2D eigenvalue weighted by Crippen LogP contribution is -2.48. The Morgan fingerprint density at radius 3 is 2.94 bits per heavy atom. The molecule has 0 aromatic carbocycles. The van der Waals surface area contributed by atoms with E-state index < -0.39 is 0 Å². The summed E-state index contributed by atoms with van der Waals surface area (Å²) in [6, 6.07) is 0. The molecular weight excluding hydrogens is 234 g/mol. The van der Waals surface area contributed by atoms with Crippen LogP contribution in [-0.2, 0) is 0 Å². The van der Waals surface area contributed by atoms with E-state index in [2.05, 4.69) is 4.90 Å². The van der Waals surface area contributed by atoms with E-state index in [1.54, 1.807) is 0 Å². The van der Waals surface area contributed by atoms with E-state index in [0.717, 1.165) is 24.9 Å². The molecule has 3 rings (SSSR count). The second kappa shape index (κ2) is 4.71. The van der Waals surface area contributed by atoms with Crippen molar-refractivity contribution in [3.8, 4) is 0 Å². The quantitative estimate of drug-likeness (QED) is 0.786. The minimum atomic E-state index is -0.342. The van der Waals surface area contributed by atoms with Crippen molar-refractivity contribution in [1.82, 2.24) is 4.90 Å². The van der Waals surface area contributed by atoms with Gasteiger partial charge in [0.05, 0.1) is 6.10 Å². The maximum atomic E-state index is 9.70. The van der Waals surface area contributed by atoms with Crippen LogP contribution in [-0.4, -0.2) is 41.6 Å². The number of likely N-dealkylation sites (tertiary alicyclic amines) is 1. The number of alkyl halides is 1. The molecule has 2 saturated carbocycles. The zero-order chi connectivity index (χ0) is 11.9. The van der Waals surface area contributed by atoms with Crippen LogP contribution in [0.3, 0.4) is 0 Å². The van der Waals surface area contributed by atoms with Gasteiger partial charge >= 0.3 is 0 Å². The highest BCUT2D eigenvalue weighted by atomic mass is 35.5. The van der Waals surface area contributed by atoms with E-state index in [4.69, 9.17) is 11.6 Å². The van der Waals surface area contributed by atoms with Crippen LogP contribution in [0.25, 0.3) is 0 Å². The smallest absolute Gasteiger partial charge is 0.0802 e. The molecule has 1 spiro atoms. The van der Waals surface area contributed by atoms with Crippen molar-refractivity contribution in [2.75, 3.05) is 25.5 Å². The van der Waals surface area contributed by atoms with Gasteiger partial charge in [-0.2, -0.15) is 0 Å². The lowest BCUT2D eigenvalue weighted by molar-refractivity contribution is 0.0175. The SMILES string of the molecule is OC(CCl)CN1CCCC2(CC3CCC2C3)C1. The van der Waals surface area contributed by atoms with Crippen LogP contribution in [0.15, 0.2) is 0 Å². The molecule has 0 amide bonds. The molecule has 1 heterocycles. The van der Waals surface area contributed by atoms with Gasteiger partial charge in [-0.1, -0.05) is 6.42 Å². The van der Waals surface area contributed by atoms with Gasteiger partial charge in [0.1, 0.15) is 0 Å². The molecule has 1 saturated heterocycles.